The number of nitrogens with two attached hydrogens (primary N) is 1. The number of hydrogen-bond acceptors (Lipinski definition) is 7. The van der Waals surface area contributed by atoms with E-state index in [1.54, 1.807) is 5.38 Å². The number of sulfonamides is 1. The molecule has 0 bridgehead atoms. The number of carbonyl (C=O) groups excluding carboxylic acids is 3. The average Bonchev–Trinajstić information content (AvgIpc) is 3.21. The third-order valence-electron chi connectivity index (χ3n) is 5.38. The molecule has 1 saturated heterocycles. The molecule has 1 aliphatic heterocycles. The second-order valence-corrected chi connectivity index (χ2v) is 11.2. The second-order valence-electron chi connectivity index (χ2n) is 8.36. The lowest BCUT2D eigenvalue weighted by molar-refractivity contribution is -0.123. The molecule has 1 fully saturated rings. The standard InChI is InChI=1S/C22H27N3O6S2/c1-13-10-14(2)12-25(11-13)33(29,30)17-6-4-16(5-7-17)22(28)31-15(3)20(27)24-21-18(19(23)26)8-9-32-21/h4-9,13-15H,10-12H2,1-3H3,(H2,23,26)(H,24,27)/t13-,14+,15-/m0/s1. The fraction of sp³-hybridized carbons (Fsp3) is 0.409. The van der Waals surface area contributed by atoms with Crippen LogP contribution in [0.15, 0.2) is 40.6 Å². The highest BCUT2D eigenvalue weighted by Crippen LogP contribution is 2.27. The van der Waals surface area contributed by atoms with E-state index in [4.69, 9.17) is 10.5 Å². The first-order chi connectivity index (χ1) is 15.5. The Bertz CT molecular complexity index is 1130. The minimum absolute atomic E-state index is 0.0998. The molecule has 1 aromatic heterocycles. The van der Waals surface area contributed by atoms with Gasteiger partial charge in [-0.05, 0) is 60.9 Å². The van der Waals surface area contributed by atoms with Gasteiger partial charge in [0.1, 0.15) is 5.00 Å². The zero-order valence-corrected chi connectivity index (χ0v) is 20.2. The van der Waals surface area contributed by atoms with Gasteiger partial charge in [0.15, 0.2) is 6.10 Å². The highest BCUT2D eigenvalue weighted by molar-refractivity contribution is 7.89. The van der Waals surface area contributed by atoms with Crippen molar-refractivity contribution in [1.29, 1.82) is 0 Å². The van der Waals surface area contributed by atoms with Crippen LogP contribution in [0.1, 0.15) is 47.9 Å². The van der Waals surface area contributed by atoms with Gasteiger partial charge < -0.3 is 15.8 Å². The van der Waals surface area contributed by atoms with Gasteiger partial charge in [0, 0.05) is 13.1 Å². The smallest absolute Gasteiger partial charge is 0.338 e. The van der Waals surface area contributed by atoms with E-state index in [9.17, 15) is 22.8 Å². The minimum Gasteiger partial charge on any atom is -0.449 e. The number of carbonyl (C=O) groups is 3. The number of anilines is 1. The highest BCUT2D eigenvalue weighted by atomic mass is 32.2. The van der Waals surface area contributed by atoms with Gasteiger partial charge in [-0.25, -0.2) is 13.2 Å². The number of esters is 1. The first-order valence-electron chi connectivity index (χ1n) is 10.5. The fourth-order valence-corrected chi connectivity index (χ4v) is 6.28. The molecule has 0 radical (unpaired) electrons. The Morgan fingerprint density at radius 3 is 2.30 bits per heavy atom. The molecule has 9 nitrogen and oxygen atoms in total. The van der Waals surface area contributed by atoms with Crippen molar-refractivity contribution in [1.82, 2.24) is 4.31 Å². The Morgan fingerprint density at radius 2 is 1.73 bits per heavy atom. The fourth-order valence-electron chi connectivity index (χ4n) is 3.81. The number of nitrogens with zero attached hydrogens (tertiary/aromatic N) is 1. The maximum Gasteiger partial charge on any atom is 0.338 e. The van der Waals surface area contributed by atoms with Crippen molar-refractivity contribution in [2.75, 3.05) is 18.4 Å². The first kappa shape index (κ1) is 24.9. The number of rotatable bonds is 7. The van der Waals surface area contributed by atoms with E-state index in [0.717, 1.165) is 17.8 Å². The molecule has 1 aliphatic rings. The molecular formula is C22H27N3O6S2. The van der Waals surface area contributed by atoms with Crippen molar-refractivity contribution < 1.29 is 27.5 Å². The van der Waals surface area contributed by atoms with Crippen molar-refractivity contribution in [3.63, 3.8) is 0 Å². The van der Waals surface area contributed by atoms with E-state index in [2.05, 4.69) is 5.32 Å². The number of benzene rings is 1. The van der Waals surface area contributed by atoms with Gasteiger partial charge in [-0.15, -0.1) is 11.3 Å². The van der Waals surface area contributed by atoms with E-state index in [-0.39, 0.29) is 32.9 Å². The maximum absolute atomic E-state index is 13.0. The summed E-state index contributed by atoms with van der Waals surface area (Å²) in [4.78, 5) is 36.3. The molecule has 3 rings (SSSR count). The zero-order valence-electron chi connectivity index (χ0n) is 18.6. The van der Waals surface area contributed by atoms with Gasteiger partial charge >= 0.3 is 5.97 Å². The summed E-state index contributed by atoms with van der Waals surface area (Å²) in [7, 11) is -3.67. The lowest BCUT2D eigenvalue weighted by atomic mass is 9.94. The Morgan fingerprint density at radius 1 is 1.12 bits per heavy atom. The molecule has 0 spiro atoms. The van der Waals surface area contributed by atoms with Gasteiger partial charge in [-0.3, -0.25) is 9.59 Å². The quantitative estimate of drug-likeness (QED) is 0.569. The molecule has 2 aromatic rings. The van der Waals surface area contributed by atoms with E-state index >= 15 is 0 Å². The summed E-state index contributed by atoms with van der Waals surface area (Å²) in [5.41, 5.74) is 5.54. The summed E-state index contributed by atoms with van der Waals surface area (Å²) >= 11 is 1.12. The Labute approximate surface area is 197 Å². The summed E-state index contributed by atoms with van der Waals surface area (Å²) in [5.74, 6) is -1.53. The van der Waals surface area contributed by atoms with E-state index in [0.29, 0.717) is 13.1 Å². The van der Waals surface area contributed by atoms with Crippen LogP contribution in [0, 0.1) is 11.8 Å². The summed E-state index contributed by atoms with van der Waals surface area (Å²) in [5, 5.41) is 4.39. The molecule has 1 aromatic carbocycles. The van der Waals surface area contributed by atoms with Crippen molar-refractivity contribution >= 4 is 44.1 Å². The van der Waals surface area contributed by atoms with Crippen LogP contribution in [-0.2, 0) is 19.6 Å². The van der Waals surface area contributed by atoms with Crippen molar-refractivity contribution in [2.24, 2.45) is 17.6 Å². The van der Waals surface area contributed by atoms with Crippen LogP contribution in [0.5, 0.6) is 0 Å². The number of thiophene rings is 1. The molecule has 33 heavy (non-hydrogen) atoms. The first-order valence-corrected chi connectivity index (χ1v) is 12.8. The number of hydrogen-bond donors (Lipinski definition) is 2. The number of primary amides is 1. The molecular weight excluding hydrogens is 466 g/mol. The van der Waals surface area contributed by atoms with E-state index in [1.165, 1.54) is 41.6 Å². The predicted molar refractivity (Wildman–Crippen MR) is 124 cm³/mol. The molecule has 3 N–H and O–H groups in total. The topological polar surface area (TPSA) is 136 Å². The average molecular weight is 494 g/mol. The van der Waals surface area contributed by atoms with Gasteiger partial charge in [0.2, 0.25) is 10.0 Å². The number of ether oxygens (including phenoxy) is 1. The molecule has 11 heteroatoms. The van der Waals surface area contributed by atoms with Gasteiger partial charge in [0.05, 0.1) is 16.0 Å². The van der Waals surface area contributed by atoms with Crippen LogP contribution in [0.2, 0.25) is 0 Å². The molecule has 0 aliphatic carbocycles. The predicted octanol–water partition coefficient (Wildman–Crippen LogP) is 2.70. The Hall–Kier alpha value is -2.76. The molecule has 2 amide bonds. The number of amides is 2. The van der Waals surface area contributed by atoms with Crippen LogP contribution in [-0.4, -0.2) is 49.7 Å². The second kappa shape index (κ2) is 10.0. The summed E-state index contributed by atoms with van der Waals surface area (Å²) in [6.07, 6.45) is -0.168. The molecule has 2 heterocycles. The Kier molecular flexibility index (Phi) is 7.55. The molecule has 3 atom stereocenters. The minimum atomic E-state index is -3.67. The maximum atomic E-state index is 13.0. The monoisotopic (exact) mass is 493 g/mol. The number of piperidine rings is 1. The van der Waals surface area contributed by atoms with Crippen molar-refractivity contribution in [3.8, 4) is 0 Å². The van der Waals surface area contributed by atoms with Gasteiger partial charge in [0.25, 0.3) is 11.8 Å². The SMILES string of the molecule is C[C@@H]1C[C@H](C)CN(S(=O)(=O)c2ccc(C(=O)O[C@@H](C)C(=O)Nc3sccc3C(N)=O)cc2)C1. The summed E-state index contributed by atoms with van der Waals surface area (Å²) in [6.45, 7) is 6.38. The van der Waals surface area contributed by atoms with Crippen LogP contribution in [0.25, 0.3) is 0 Å². The third-order valence-corrected chi connectivity index (χ3v) is 8.06. The third kappa shape index (κ3) is 5.79. The lowest BCUT2D eigenvalue weighted by Crippen LogP contribution is -2.42. The normalized spacial score (nSPS) is 20.1. The molecule has 178 valence electrons. The summed E-state index contributed by atoms with van der Waals surface area (Å²) in [6, 6.07) is 6.94. The molecule has 0 saturated carbocycles. The molecule has 0 unspecified atom stereocenters. The van der Waals surface area contributed by atoms with E-state index in [1.807, 2.05) is 13.8 Å². The van der Waals surface area contributed by atoms with Crippen LogP contribution in [0.3, 0.4) is 0 Å². The lowest BCUT2D eigenvalue weighted by Gasteiger charge is -2.34. The van der Waals surface area contributed by atoms with Gasteiger partial charge in [-0.2, -0.15) is 4.31 Å². The van der Waals surface area contributed by atoms with E-state index < -0.39 is 33.9 Å². The number of nitrogens with one attached hydrogen (secondary N) is 1. The summed E-state index contributed by atoms with van der Waals surface area (Å²) < 4.78 is 32.6. The highest BCUT2D eigenvalue weighted by Gasteiger charge is 2.32. The van der Waals surface area contributed by atoms with Crippen molar-refractivity contribution in [2.45, 2.75) is 38.2 Å². The zero-order chi connectivity index (χ0) is 24.3. The van der Waals surface area contributed by atoms with Crippen LogP contribution >= 0.6 is 11.3 Å². The largest absolute Gasteiger partial charge is 0.449 e. The van der Waals surface area contributed by atoms with Crippen LogP contribution in [0.4, 0.5) is 5.00 Å². The van der Waals surface area contributed by atoms with Crippen LogP contribution < -0.4 is 11.1 Å². The van der Waals surface area contributed by atoms with Gasteiger partial charge in [-0.1, -0.05) is 13.8 Å². The van der Waals surface area contributed by atoms with Crippen molar-refractivity contribution in [3.05, 3.63) is 46.8 Å². The Balaban J connectivity index is 1.64.